The molecular weight excluding hydrogens is 384 g/mol. The summed E-state index contributed by atoms with van der Waals surface area (Å²) in [6, 6.07) is 10.4. The van der Waals surface area contributed by atoms with Gasteiger partial charge in [0.15, 0.2) is 0 Å². The van der Waals surface area contributed by atoms with Crippen LogP contribution in [0.4, 0.5) is 5.13 Å². The number of hydrazone groups is 1. The number of nitrogens with one attached hydrogen (secondary N) is 1. The smallest absolute Gasteiger partial charge is 0.243 e. The Kier molecular flexibility index (Phi) is 6.04. The molecule has 0 aliphatic heterocycles. The Balaban J connectivity index is 1.79. The van der Waals surface area contributed by atoms with Gasteiger partial charge in [-0.25, -0.2) is 13.4 Å². The zero-order valence-corrected chi connectivity index (χ0v) is 16.6. The van der Waals surface area contributed by atoms with E-state index in [-0.39, 0.29) is 4.90 Å². The molecule has 1 N–H and O–H groups in total. The number of benzene rings is 1. The predicted octanol–water partition coefficient (Wildman–Crippen LogP) is 3.88. The van der Waals surface area contributed by atoms with Gasteiger partial charge in [0.2, 0.25) is 15.2 Å². The SMILES string of the molecule is CCN(CC)S(=O)(=O)c1cccc(-c2csc(N/N=C/c3ccco3)n2)c1. The molecule has 7 nitrogen and oxygen atoms in total. The number of thiazole rings is 1. The molecule has 0 radical (unpaired) electrons. The van der Waals surface area contributed by atoms with E-state index in [1.165, 1.54) is 15.6 Å². The normalized spacial score (nSPS) is 12.1. The molecule has 0 spiro atoms. The molecule has 0 saturated heterocycles. The Morgan fingerprint density at radius 3 is 2.78 bits per heavy atom. The highest BCUT2D eigenvalue weighted by molar-refractivity contribution is 7.89. The number of furan rings is 1. The Bertz CT molecular complexity index is 1010. The Morgan fingerprint density at radius 1 is 1.26 bits per heavy atom. The van der Waals surface area contributed by atoms with Crippen LogP contribution in [-0.2, 0) is 10.0 Å². The molecule has 0 bridgehead atoms. The van der Waals surface area contributed by atoms with E-state index >= 15 is 0 Å². The largest absolute Gasteiger partial charge is 0.463 e. The lowest BCUT2D eigenvalue weighted by molar-refractivity contribution is 0.445. The molecule has 2 aromatic heterocycles. The standard InChI is InChI=1S/C18H20N4O3S2/c1-3-22(4-2)27(23,24)16-9-5-7-14(11-16)17-13-26-18(20-17)21-19-12-15-8-6-10-25-15/h5-13H,3-4H2,1-2H3,(H,20,21)/b19-12+. The van der Waals surface area contributed by atoms with Crippen molar-refractivity contribution in [3.63, 3.8) is 0 Å². The Morgan fingerprint density at radius 2 is 2.07 bits per heavy atom. The van der Waals surface area contributed by atoms with Gasteiger partial charge in [-0.3, -0.25) is 5.43 Å². The van der Waals surface area contributed by atoms with Crippen molar-refractivity contribution in [3.8, 4) is 11.3 Å². The molecule has 0 aliphatic carbocycles. The third kappa shape index (κ3) is 4.44. The minimum absolute atomic E-state index is 0.266. The molecule has 3 rings (SSSR count). The number of rotatable bonds is 8. The van der Waals surface area contributed by atoms with Crippen LogP contribution < -0.4 is 5.43 Å². The third-order valence-corrected chi connectivity index (χ3v) is 6.67. The number of aromatic nitrogens is 1. The molecule has 0 atom stereocenters. The highest BCUT2D eigenvalue weighted by Crippen LogP contribution is 2.27. The minimum atomic E-state index is -3.50. The van der Waals surface area contributed by atoms with Crippen LogP contribution in [0.1, 0.15) is 19.6 Å². The van der Waals surface area contributed by atoms with E-state index in [0.717, 1.165) is 5.56 Å². The molecule has 142 valence electrons. The number of hydrogen-bond acceptors (Lipinski definition) is 7. The minimum Gasteiger partial charge on any atom is -0.463 e. The van der Waals surface area contributed by atoms with E-state index in [1.54, 1.807) is 42.8 Å². The molecular formula is C18H20N4O3S2. The lowest BCUT2D eigenvalue weighted by atomic mass is 10.2. The zero-order valence-electron chi connectivity index (χ0n) is 15.0. The highest BCUT2D eigenvalue weighted by atomic mass is 32.2. The lowest BCUT2D eigenvalue weighted by Crippen LogP contribution is -2.30. The van der Waals surface area contributed by atoms with E-state index < -0.39 is 10.0 Å². The van der Waals surface area contributed by atoms with Crippen LogP contribution in [-0.4, -0.2) is 37.0 Å². The van der Waals surface area contributed by atoms with Crippen molar-refractivity contribution < 1.29 is 12.8 Å². The van der Waals surface area contributed by atoms with Crippen LogP contribution in [0.15, 0.2) is 62.5 Å². The van der Waals surface area contributed by atoms with Crippen molar-refractivity contribution in [2.24, 2.45) is 5.10 Å². The van der Waals surface area contributed by atoms with Crippen LogP contribution in [0.3, 0.4) is 0 Å². The van der Waals surface area contributed by atoms with Crippen molar-refractivity contribution >= 4 is 32.7 Å². The summed E-state index contributed by atoms with van der Waals surface area (Å²) in [5, 5.41) is 6.53. The van der Waals surface area contributed by atoms with Gasteiger partial charge in [-0.05, 0) is 24.3 Å². The average Bonchev–Trinajstić information content (AvgIpc) is 3.35. The van der Waals surface area contributed by atoms with Crippen LogP contribution in [0.2, 0.25) is 0 Å². The quantitative estimate of drug-likeness (QED) is 0.455. The maximum absolute atomic E-state index is 12.7. The van der Waals surface area contributed by atoms with Gasteiger partial charge < -0.3 is 4.42 Å². The second kappa shape index (κ2) is 8.47. The fourth-order valence-corrected chi connectivity index (χ4v) is 4.67. The molecule has 0 amide bonds. The van der Waals surface area contributed by atoms with E-state index in [2.05, 4.69) is 15.5 Å². The first kappa shape index (κ1) is 19.3. The summed E-state index contributed by atoms with van der Waals surface area (Å²) in [7, 11) is -3.50. The van der Waals surface area contributed by atoms with E-state index in [9.17, 15) is 8.42 Å². The molecule has 0 fully saturated rings. The van der Waals surface area contributed by atoms with Crippen LogP contribution in [0.5, 0.6) is 0 Å². The van der Waals surface area contributed by atoms with Gasteiger partial charge in [0, 0.05) is 24.0 Å². The first-order chi connectivity index (χ1) is 13.0. The molecule has 0 saturated carbocycles. The number of sulfonamides is 1. The van der Waals surface area contributed by atoms with E-state index in [4.69, 9.17) is 4.42 Å². The molecule has 9 heteroatoms. The summed E-state index contributed by atoms with van der Waals surface area (Å²) in [5.41, 5.74) is 4.27. The fourth-order valence-electron chi connectivity index (χ4n) is 2.50. The Labute approximate surface area is 162 Å². The maximum atomic E-state index is 12.7. The molecule has 0 unspecified atom stereocenters. The zero-order chi connectivity index (χ0) is 19.3. The van der Waals surface area contributed by atoms with Crippen molar-refractivity contribution in [1.82, 2.24) is 9.29 Å². The number of nitrogens with zero attached hydrogens (tertiary/aromatic N) is 3. The summed E-state index contributed by atoms with van der Waals surface area (Å²) in [5.74, 6) is 0.633. The van der Waals surface area contributed by atoms with Crippen molar-refractivity contribution in [3.05, 3.63) is 53.8 Å². The van der Waals surface area contributed by atoms with Crippen molar-refractivity contribution in [1.29, 1.82) is 0 Å². The fraction of sp³-hybridized carbons (Fsp3) is 0.222. The van der Waals surface area contributed by atoms with Crippen molar-refractivity contribution in [2.75, 3.05) is 18.5 Å². The van der Waals surface area contributed by atoms with Crippen molar-refractivity contribution in [2.45, 2.75) is 18.7 Å². The summed E-state index contributed by atoms with van der Waals surface area (Å²) in [6.07, 6.45) is 3.13. The van der Waals surface area contributed by atoms with Crippen LogP contribution in [0, 0.1) is 0 Å². The topological polar surface area (TPSA) is 87.8 Å². The summed E-state index contributed by atoms with van der Waals surface area (Å²) < 4.78 is 32.0. The van der Waals surface area contributed by atoms with Gasteiger partial charge in [-0.2, -0.15) is 9.41 Å². The Hall–Kier alpha value is -2.49. The molecule has 0 aliphatic rings. The van der Waals surface area contributed by atoms with E-state index in [0.29, 0.717) is 29.7 Å². The van der Waals surface area contributed by atoms with Gasteiger partial charge >= 0.3 is 0 Å². The predicted molar refractivity (Wildman–Crippen MR) is 108 cm³/mol. The third-order valence-electron chi connectivity index (χ3n) is 3.87. The second-order valence-corrected chi connectivity index (χ2v) is 8.34. The monoisotopic (exact) mass is 404 g/mol. The van der Waals surface area contributed by atoms with Gasteiger partial charge in [-0.1, -0.05) is 26.0 Å². The number of hydrogen-bond donors (Lipinski definition) is 1. The number of anilines is 1. The van der Waals surface area contributed by atoms with Crippen LogP contribution in [0.25, 0.3) is 11.3 Å². The maximum Gasteiger partial charge on any atom is 0.243 e. The summed E-state index contributed by atoms with van der Waals surface area (Å²) in [6.45, 7) is 4.52. The van der Waals surface area contributed by atoms with Crippen LogP contribution >= 0.6 is 11.3 Å². The molecule has 3 aromatic rings. The molecule has 27 heavy (non-hydrogen) atoms. The second-order valence-electron chi connectivity index (χ2n) is 5.54. The van der Waals surface area contributed by atoms with E-state index in [1.807, 2.05) is 25.3 Å². The summed E-state index contributed by atoms with van der Waals surface area (Å²) in [4.78, 5) is 4.73. The summed E-state index contributed by atoms with van der Waals surface area (Å²) >= 11 is 1.38. The van der Waals surface area contributed by atoms with Gasteiger partial charge in [-0.15, -0.1) is 11.3 Å². The molecule has 1 aromatic carbocycles. The van der Waals surface area contributed by atoms with Gasteiger partial charge in [0.25, 0.3) is 0 Å². The molecule has 2 heterocycles. The average molecular weight is 405 g/mol. The first-order valence-electron chi connectivity index (χ1n) is 8.43. The van der Waals surface area contributed by atoms with Gasteiger partial charge in [0.1, 0.15) is 5.76 Å². The highest BCUT2D eigenvalue weighted by Gasteiger charge is 2.22. The first-order valence-corrected chi connectivity index (χ1v) is 10.7. The lowest BCUT2D eigenvalue weighted by Gasteiger charge is -2.18. The van der Waals surface area contributed by atoms with Gasteiger partial charge in [0.05, 0.1) is 23.1 Å².